The van der Waals surface area contributed by atoms with Gasteiger partial charge in [-0.1, -0.05) is 0 Å². The number of hydrogen-bond acceptors (Lipinski definition) is 8. The summed E-state index contributed by atoms with van der Waals surface area (Å²) in [6.07, 6.45) is -0.428. The quantitative estimate of drug-likeness (QED) is 0.754. The van der Waals surface area contributed by atoms with E-state index in [0.29, 0.717) is 30.5 Å². The van der Waals surface area contributed by atoms with Gasteiger partial charge in [-0.3, -0.25) is 0 Å². The molecule has 29 heavy (non-hydrogen) atoms. The average Bonchev–Trinajstić information content (AvgIpc) is 3.44. The molecule has 8 heteroatoms. The highest BCUT2D eigenvalue weighted by Crippen LogP contribution is 2.53. The van der Waals surface area contributed by atoms with E-state index in [1.54, 1.807) is 13.2 Å². The van der Waals surface area contributed by atoms with Crippen molar-refractivity contribution in [2.75, 3.05) is 34.2 Å². The van der Waals surface area contributed by atoms with Crippen molar-refractivity contribution in [1.82, 2.24) is 0 Å². The van der Waals surface area contributed by atoms with Gasteiger partial charge < -0.3 is 38.6 Å². The molecule has 5 rings (SSSR count). The molecule has 0 spiro atoms. The van der Waals surface area contributed by atoms with Crippen LogP contribution < -0.4 is 18.9 Å². The first-order valence-corrected chi connectivity index (χ1v) is 9.41. The fraction of sp³-hybridized carbons (Fsp3) is 0.429. The Hall–Kier alpha value is -2.84. The molecule has 2 aromatic carbocycles. The van der Waals surface area contributed by atoms with Crippen molar-refractivity contribution in [2.45, 2.75) is 12.2 Å². The van der Waals surface area contributed by atoms with E-state index in [0.717, 1.165) is 11.1 Å². The van der Waals surface area contributed by atoms with Crippen molar-refractivity contribution < 1.29 is 38.6 Å². The summed E-state index contributed by atoms with van der Waals surface area (Å²) in [7, 11) is 3.04. The van der Waals surface area contributed by atoms with E-state index < -0.39 is 0 Å². The van der Waals surface area contributed by atoms with Crippen LogP contribution in [0.3, 0.4) is 0 Å². The van der Waals surface area contributed by atoms with Gasteiger partial charge in [0, 0.05) is 11.8 Å². The van der Waals surface area contributed by atoms with Crippen LogP contribution in [0.15, 0.2) is 24.3 Å². The van der Waals surface area contributed by atoms with Gasteiger partial charge in [-0.05, 0) is 35.4 Å². The largest absolute Gasteiger partial charge is 0.504 e. The van der Waals surface area contributed by atoms with E-state index in [4.69, 9.17) is 28.4 Å². The second-order valence-corrected chi connectivity index (χ2v) is 7.38. The molecule has 0 unspecified atom stereocenters. The van der Waals surface area contributed by atoms with E-state index in [1.807, 2.05) is 12.1 Å². The highest BCUT2D eigenvalue weighted by molar-refractivity contribution is 5.56. The Kier molecular flexibility index (Phi) is 4.33. The van der Waals surface area contributed by atoms with Crippen LogP contribution in [0.2, 0.25) is 0 Å². The van der Waals surface area contributed by atoms with Crippen molar-refractivity contribution in [2.24, 2.45) is 11.8 Å². The number of rotatable bonds is 4. The number of phenols is 2. The minimum Gasteiger partial charge on any atom is -0.504 e. The number of ether oxygens (including phenoxy) is 6. The Bertz CT molecular complexity index is 943. The summed E-state index contributed by atoms with van der Waals surface area (Å²) in [5, 5.41) is 19.9. The highest BCUT2D eigenvalue weighted by atomic mass is 16.7. The summed E-state index contributed by atoms with van der Waals surface area (Å²) >= 11 is 0. The second kappa shape index (κ2) is 6.89. The van der Waals surface area contributed by atoms with Crippen LogP contribution in [-0.2, 0) is 9.47 Å². The molecular formula is C21H22O8. The van der Waals surface area contributed by atoms with E-state index in [1.165, 1.54) is 13.2 Å². The summed E-state index contributed by atoms with van der Waals surface area (Å²) in [6.45, 7) is 1.20. The van der Waals surface area contributed by atoms with Gasteiger partial charge in [0.25, 0.3) is 0 Å². The van der Waals surface area contributed by atoms with E-state index in [2.05, 4.69) is 0 Å². The first kappa shape index (κ1) is 18.2. The van der Waals surface area contributed by atoms with E-state index >= 15 is 0 Å². The Balaban J connectivity index is 1.43. The number of aromatic hydroxyl groups is 2. The maximum atomic E-state index is 10.0. The van der Waals surface area contributed by atoms with Gasteiger partial charge in [-0.2, -0.15) is 0 Å². The highest BCUT2D eigenvalue weighted by Gasteiger charge is 2.48. The molecule has 2 aromatic rings. The van der Waals surface area contributed by atoms with Crippen LogP contribution in [0.4, 0.5) is 0 Å². The molecule has 8 nitrogen and oxygen atoms in total. The van der Waals surface area contributed by atoms with Gasteiger partial charge in [0.15, 0.2) is 23.0 Å². The van der Waals surface area contributed by atoms with Crippen molar-refractivity contribution in [1.29, 1.82) is 0 Å². The van der Waals surface area contributed by atoms with Gasteiger partial charge in [0.05, 0.1) is 39.6 Å². The van der Waals surface area contributed by atoms with Crippen molar-refractivity contribution in [3.8, 4) is 34.5 Å². The molecule has 154 valence electrons. The minimum atomic E-state index is -0.279. The fourth-order valence-corrected chi connectivity index (χ4v) is 4.48. The zero-order valence-electron chi connectivity index (χ0n) is 16.1. The topological polar surface area (TPSA) is 95.8 Å². The molecule has 0 bridgehead atoms. The number of methoxy groups -OCH3 is 2. The number of fused-ring (bicyclic) bond motifs is 2. The summed E-state index contributed by atoms with van der Waals surface area (Å²) in [5.74, 6) is 1.81. The number of hydrogen-bond donors (Lipinski definition) is 2. The minimum absolute atomic E-state index is 0.102. The maximum Gasteiger partial charge on any atom is 0.231 e. The third-order valence-electron chi connectivity index (χ3n) is 5.90. The molecule has 0 amide bonds. The molecule has 2 fully saturated rings. The standard InChI is InChI=1S/C21H22O8/c1-24-15-4-10(3-14(22)18(15)23)19-12-7-27-20(13(12)8-26-19)11-5-16(25-2)21-17(6-11)28-9-29-21/h3-6,12-13,19-20,22-23H,7-9H2,1-2H3/t12-,13-,19+,20+/m1/s1. The molecule has 3 aliphatic heterocycles. The van der Waals surface area contributed by atoms with Gasteiger partial charge in [-0.15, -0.1) is 0 Å². The lowest BCUT2D eigenvalue weighted by molar-refractivity contribution is 0.0190. The van der Waals surface area contributed by atoms with Crippen LogP contribution in [-0.4, -0.2) is 44.4 Å². The van der Waals surface area contributed by atoms with Crippen LogP contribution in [0, 0.1) is 11.8 Å². The maximum absolute atomic E-state index is 10.0. The Morgan fingerprint density at radius 1 is 0.828 bits per heavy atom. The smallest absolute Gasteiger partial charge is 0.231 e. The number of benzene rings is 2. The molecule has 0 aromatic heterocycles. The van der Waals surface area contributed by atoms with Gasteiger partial charge in [0.2, 0.25) is 18.3 Å². The Morgan fingerprint density at radius 3 is 2.10 bits per heavy atom. The zero-order valence-corrected chi connectivity index (χ0v) is 16.1. The Morgan fingerprint density at radius 2 is 1.45 bits per heavy atom. The Labute approximate surface area is 167 Å². The van der Waals surface area contributed by atoms with Crippen LogP contribution >= 0.6 is 0 Å². The summed E-state index contributed by atoms with van der Waals surface area (Å²) < 4.78 is 33.9. The van der Waals surface area contributed by atoms with Gasteiger partial charge in [0.1, 0.15) is 0 Å². The van der Waals surface area contributed by atoms with Crippen LogP contribution in [0.25, 0.3) is 0 Å². The average molecular weight is 402 g/mol. The third kappa shape index (κ3) is 2.82. The molecule has 2 N–H and O–H groups in total. The van der Waals surface area contributed by atoms with Crippen molar-refractivity contribution >= 4 is 0 Å². The molecule has 0 radical (unpaired) electrons. The molecule has 0 saturated carbocycles. The van der Waals surface area contributed by atoms with Crippen molar-refractivity contribution in [3.05, 3.63) is 35.4 Å². The predicted molar refractivity (Wildman–Crippen MR) is 99.8 cm³/mol. The first-order valence-electron chi connectivity index (χ1n) is 9.41. The summed E-state index contributed by atoms with van der Waals surface area (Å²) in [4.78, 5) is 0. The predicted octanol–water partition coefficient (Wildman–Crippen LogP) is 2.92. The second-order valence-electron chi connectivity index (χ2n) is 7.38. The van der Waals surface area contributed by atoms with Crippen LogP contribution in [0.1, 0.15) is 23.3 Å². The fourth-order valence-electron chi connectivity index (χ4n) is 4.48. The molecule has 2 saturated heterocycles. The molecular weight excluding hydrogens is 380 g/mol. The normalized spacial score (nSPS) is 27.1. The lowest BCUT2D eigenvalue weighted by Crippen LogP contribution is -2.14. The monoisotopic (exact) mass is 402 g/mol. The first-order chi connectivity index (χ1) is 14.1. The molecule has 3 aliphatic rings. The SMILES string of the molecule is COc1cc([C@@H]2OC[C@@H]3[C@H]2CO[C@H]3c2cc(OC)c3c(c2)OCO3)cc(O)c1O. The molecule has 4 atom stereocenters. The van der Waals surface area contributed by atoms with Gasteiger partial charge in [-0.25, -0.2) is 0 Å². The van der Waals surface area contributed by atoms with Crippen molar-refractivity contribution in [3.63, 3.8) is 0 Å². The number of phenolic OH excluding ortho intramolecular Hbond substituents is 2. The third-order valence-corrected chi connectivity index (χ3v) is 5.90. The van der Waals surface area contributed by atoms with Gasteiger partial charge >= 0.3 is 0 Å². The zero-order chi connectivity index (χ0) is 20.1. The summed E-state index contributed by atoms with van der Waals surface area (Å²) in [5.41, 5.74) is 1.70. The van der Waals surface area contributed by atoms with Crippen LogP contribution in [0.5, 0.6) is 34.5 Å². The van der Waals surface area contributed by atoms with E-state index in [9.17, 15) is 10.2 Å². The summed E-state index contributed by atoms with van der Waals surface area (Å²) in [6, 6.07) is 7.06. The van der Waals surface area contributed by atoms with E-state index in [-0.39, 0.29) is 48.1 Å². The molecule has 3 heterocycles. The molecule has 0 aliphatic carbocycles. The lowest BCUT2D eigenvalue weighted by Gasteiger charge is -2.18. The lowest BCUT2D eigenvalue weighted by atomic mass is 9.84.